The summed E-state index contributed by atoms with van der Waals surface area (Å²) in [6, 6.07) is 4.62. The number of hydrogen-bond donors (Lipinski definition) is 1. The van der Waals surface area contributed by atoms with Crippen molar-refractivity contribution in [1.29, 1.82) is 5.26 Å². The van der Waals surface area contributed by atoms with Gasteiger partial charge < -0.3 is 4.74 Å². The first-order valence-corrected chi connectivity index (χ1v) is 4.01. The van der Waals surface area contributed by atoms with Gasteiger partial charge in [-0.05, 0) is 12.1 Å². The summed E-state index contributed by atoms with van der Waals surface area (Å²) in [5.74, 6) is -0.0509. The Labute approximate surface area is 85.5 Å². The maximum atomic E-state index is 10.6. The first-order valence-electron chi connectivity index (χ1n) is 3.56. The molecule has 14 heavy (non-hydrogen) atoms. The van der Waals surface area contributed by atoms with Crippen molar-refractivity contribution in [1.82, 2.24) is 0 Å². The van der Waals surface area contributed by atoms with E-state index in [-0.39, 0.29) is 21.9 Å². The van der Waals surface area contributed by atoms with E-state index in [0.29, 0.717) is 0 Å². The lowest BCUT2D eigenvalue weighted by Gasteiger charge is -2.04. The molecule has 0 fully saturated rings. The van der Waals surface area contributed by atoms with Gasteiger partial charge in [0, 0.05) is 0 Å². The third kappa shape index (κ3) is 1.63. The molecule has 0 saturated heterocycles. The molecule has 72 valence electrons. The molecule has 0 unspecified atom stereocenters. The van der Waals surface area contributed by atoms with Gasteiger partial charge >= 0.3 is 5.69 Å². The summed E-state index contributed by atoms with van der Waals surface area (Å²) in [7, 11) is 1.27. The maximum Gasteiger partial charge on any atom is 0.325 e. The quantitative estimate of drug-likeness (QED) is 0.458. The Balaban J connectivity index is 3.53. The summed E-state index contributed by atoms with van der Waals surface area (Å²) in [5.41, 5.74) is -0.160. The van der Waals surface area contributed by atoms with Crippen LogP contribution in [0.25, 0.3) is 0 Å². The molecule has 0 saturated carbocycles. The molecule has 0 amide bonds. The van der Waals surface area contributed by atoms with Crippen LogP contribution in [0.5, 0.6) is 5.75 Å². The Morgan fingerprint density at radius 1 is 1.64 bits per heavy atom. The van der Waals surface area contributed by atoms with Crippen LogP contribution in [0.15, 0.2) is 17.0 Å². The Morgan fingerprint density at radius 2 is 2.29 bits per heavy atom. The smallest absolute Gasteiger partial charge is 0.325 e. The minimum atomic E-state index is -0.623. The highest BCUT2D eigenvalue weighted by Crippen LogP contribution is 2.35. The van der Waals surface area contributed by atoms with Crippen LogP contribution >= 0.6 is 12.6 Å². The zero-order chi connectivity index (χ0) is 10.7. The molecular weight excluding hydrogens is 204 g/mol. The van der Waals surface area contributed by atoms with Gasteiger partial charge in [-0.2, -0.15) is 5.26 Å². The van der Waals surface area contributed by atoms with E-state index in [1.54, 1.807) is 6.07 Å². The van der Waals surface area contributed by atoms with Crippen LogP contribution in [0.3, 0.4) is 0 Å². The second-order valence-electron chi connectivity index (χ2n) is 2.38. The summed E-state index contributed by atoms with van der Waals surface area (Å²) >= 11 is 3.92. The Morgan fingerprint density at radius 3 is 2.71 bits per heavy atom. The van der Waals surface area contributed by atoms with Crippen molar-refractivity contribution >= 4 is 18.3 Å². The molecule has 0 N–H and O–H groups in total. The maximum absolute atomic E-state index is 10.6. The Kier molecular flexibility index (Phi) is 2.94. The summed E-state index contributed by atoms with van der Waals surface area (Å²) < 4.78 is 4.80. The number of benzene rings is 1. The van der Waals surface area contributed by atoms with E-state index in [0.717, 1.165) is 0 Å². The van der Waals surface area contributed by atoms with Crippen molar-refractivity contribution in [3.8, 4) is 11.8 Å². The van der Waals surface area contributed by atoms with Gasteiger partial charge in [0.1, 0.15) is 11.6 Å². The van der Waals surface area contributed by atoms with Crippen LogP contribution in [0.2, 0.25) is 0 Å². The highest BCUT2D eigenvalue weighted by Gasteiger charge is 2.22. The molecule has 0 aliphatic heterocycles. The zero-order valence-electron chi connectivity index (χ0n) is 7.22. The van der Waals surface area contributed by atoms with Gasteiger partial charge in [0.15, 0.2) is 0 Å². The number of ether oxygens (including phenoxy) is 1. The van der Waals surface area contributed by atoms with Crippen LogP contribution in [-0.2, 0) is 0 Å². The average Bonchev–Trinajstić information content (AvgIpc) is 2.16. The molecule has 6 heteroatoms. The lowest BCUT2D eigenvalue weighted by Crippen LogP contribution is -1.97. The average molecular weight is 210 g/mol. The van der Waals surface area contributed by atoms with Gasteiger partial charge in [0.2, 0.25) is 5.75 Å². The number of thiol groups is 1. The van der Waals surface area contributed by atoms with Crippen molar-refractivity contribution in [2.45, 2.75) is 4.90 Å². The highest BCUT2D eigenvalue weighted by atomic mass is 32.1. The molecule has 0 aromatic heterocycles. The Hall–Kier alpha value is -1.74. The van der Waals surface area contributed by atoms with Crippen LogP contribution in [0.1, 0.15) is 5.56 Å². The Bertz CT molecular complexity index is 425. The minimum Gasteiger partial charge on any atom is -0.489 e. The molecule has 0 radical (unpaired) electrons. The predicted octanol–water partition coefficient (Wildman–Crippen LogP) is 1.76. The molecule has 1 aromatic rings. The number of nitriles is 1. The van der Waals surface area contributed by atoms with Crippen molar-refractivity contribution < 1.29 is 9.66 Å². The molecular formula is C8H6N2O3S. The van der Waals surface area contributed by atoms with E-state index in [4.69, 9.17) is 10.00 Å². The lowest BCUT2D eigenvalue weighted by atomic mass is 10.2. The third-order valence-electron chi connectivity index (χ3n) is 1.62. The fraction of sp³-hybridized carbons (Fsp3) is 0.125. The van der Waals surface area contributed by atoms with Gasteiger partial charge in [-0.15, -0.1) is 12.6 Å². The monoisotopic (exact) mass is 210 g/mol. The number of methoxy groups -OCH3 is 1. The zero-order valence-corrected chi connectivity index (χ0v) is 8.12. The number of nitro groups is 1. The fourth-order valence-corrected chi connectivity index (χ4v) is 1.29. The second kappa shape index (κ2) is 3.98. The van der Waals surface area contributed by atoms with Crippen molar-refractivity contribution in [2.24, 2.45) is 0 Å². The number of nitrogens with zero attached hydrogens (tertiary/aromatic N) is 2. The molecule has 1 aromatic carbocycles. The van der Waals surface area contributed by atoms with Gasteiger partial charge in [0.25, 0.3) is 0 Å². The van der Waals surface area contributed by atoms with Crippen molar-refractivity contribution in [3.05, 3.63) is 27.8 Å². The first-order chi connectivity index (χ1) is 6.61. The molecule has 1 rings (SSSR count). The predicted molar refractivity (Wildman–Crippen MR) is 51.6 cm³/mol. The topological polar surface area (TPSA) is 76.2 Å². The summed E-state index contributed by atoms with van der Waals surface area (Å²) in [4.78, 5) is 10.2. The molecule has 0 aliphatic carbocycles. The number of hydrogen-bond acceptors (Lipinski definition) is 5. The summed E-state index contributed by atoms with van der Waals surface area (Å²) in [5, 5.41) is 19.3. The molecule has 0 aliphatic rings. The van der Waals surface area contributed by atoms with E-state index < -0.39 is 4.92 Å². The second-order valence-corrected chi connectivity index (χ2v) is 2.86. The van der Waals surface area contributed by atoms with Gasteiger partial charge in [0.05, 0.1) is 16.9 Å². The van der Waals surface area contributed by atoms with Gasteiger partial charge in [-0.25, -0.2) is 0 Å². The number of rotatable bonds is 2. The SMILES string of the molecule is COc1c(C#N)ccc(S)c1[N+](=O)[O-]. The molecule has 0 spiro atoms. The van der Waals surface area contributed by atoms with E-state index in [1.165, 1.54) is 19.2 Å². The van der Waals surface area contributed by atoms with E-state index in [9.17, 15) is 10.1 Å². The summed E-state index contributed by atoms with van der Waals surface area (Å²) in [6.45, 7) is 0. The van der Waals surface area contributed by atoms with Crippen molar-refractivity contribution in [2.75, 3.05) is 7.11 Å². The summed E-state index contributed by atoms with van der Waals surface area (Å²) in [6.07, 6.45) is 0. The lowest BCUT2D eigenvalue weighted by molar-refractivity contribution is -0.388. The standard InChI is InChI=1S/C8H6N2O3S/c1-13-8-5(4-9)2-3-6(14)7(8)10(11)12/h2-3,14H,1H3. The highest BCUT2D eigenvalue weighted by molar-refractivity contribution is 7.80. The number of nitro benzene ring substituents is 1. The minimum absolute atomic E-state index is 0.0509. The van der Waals surface area contributed by atoms with Crippen LogP contribution in [-0.4, -0.2) is 12.0 Å². The van der Waals surface area contributed by atoms with Crippen LogP contribution < -0.4 is 4.74 Å². The van der Waals surface area contributed by atoms with Crippen molar-refractivity contribution in [3.63, 3.8) is 0 Å². The first kappa shape index (κ1) is 10.3. The molecule has 5 nitrogen and oxygen atoms in total. The largest absolute Gasteiger partial charge is 0.489 e. The van der Waals surface area contributed by atoms with Crippen LogP contribution in [0, 0.1) is 21.4 Å². The molecule has 0 bridgehead atoms. The van der Waals surface area contributed by atoms with E-state index in [2.05, 4.69) is 12.6 Å². The van der Waals surface area contributed by atoms with Gasteiger partial charge in [-0.3, -0.25) is 10.1 Å². The van der Waals surface area contributed by atoms with E-state index in [1.807, 2.05) is 0 Å². The van der Waals surface area contributed by atoms with Crippen LogP contribution in [0.4, 0.5) is 5.69 Å². The van der Waals surface area contributed by atoms with Gasteiger partial charge in [-0.1, -0.05) is 0 Å². The third-order valence-corrected chi connectivity index (χ3v) is 1.98. The van der Waals surface area contributed by atoms with E-state index >= 15 is 0 Å². The fourth-order valence-electron chi connectivity index (χ4n) is 1.03. The molecule has 0 atom stereocenters. The normalized spacial score (nSPS) is 9.21. The molecule has 0 heterocycles.